The Hall–Kier alpha value is -1.29. The van der Waals surface area contributed by atoms with E-state index in [4.69, 9.17) is 33.2 Å². The zero-order valence-corrected chi connectivity index (χ0v) is 25.3. The Balaban J connectivity index is 1.59. The highest BCUT2D eigenvalue weighted by Crippen LogP contribution is 2.34. The van der Waals surface area contributed by atoms with Gasteiger partial charge < -0.3 is 99.8 Å². The van der Waals surface area contributed by atoms with Crippen molar-refractivity contribution < 1.29 is 99.2 Å². The molecule has 21 heteroatoms. The Bertz CT molecular complexity index is 1010. The molecule has 0 spiro atoms. The number of rotatable bonds is 10. The van der Waals surface area contributed by atoms with Gasteiger partial charge in [-0.1, -0.05) is 0 Å². The maximum Gasteiger partial charge on any atom is 0.217 e. The van der Waals surface area contributed by atoms with Gasteiger partial charge in [0.15, 0.2) is 25.2 Å². The van der Waals surface area contributed by atoms with Crippen LogP contribution in [0.1, 0.15) is 13.8 Å². The Morgan fingerprint density at radius 1 is 0.553 bits per heavy atom. The summed E-state index contributed by atoms with van der Waals surface area (Å²) in [5.41, 5.74) is 0. The zero-order chi connectivity index (χ0) is 34.9. The fourth-order valence-corrected chi connectivity index (χ4v) is 5.87. The Morgan fingerprint density at radius 3 is 1.70 bits per heavy atom. The Morgan fingerprint density at radius 2 is 1.11 bits per heavy atom. The molecule has 4 saturated heterocycles. The molecule has 4 fully saturated rings. The van der Waals surface area contributed by atoms with E-state index in [-0.39, 0.29) is 0 Å². The number of hydrogen-bond acceptors (Lipinski definition) is 20. The van der Waals surface area contributed by atoms with Gasteiger partial charge in [-0.25, -0.2) is 0 Å². The van der Waals surface area contributed by atoms with Gasteiger partial charge in [0.2, 0.25) is 5.91 Å². The van der Waals surface area contributed by atoms with Crippen LogP contribution in [0.5, 0.6) is 0 Å². The van der Waals surface area contributed by atoms with E-state index < -0.39 is 148 Å². The van der Waals surface area contributed by atoms with Crippen LogP contribution in [0.4, 0.5) is 0 Å². The number of hydrogen-bond donors (Lipinski definition) is 13. The van der Waals surface area contributed by atoms with Crippen molar-refractivity contribution in [3.05, 3.63) is 0 Å². The Kier molecular flexibility index (Phi) is 13.2. The number of aliphatic hydroxyl groups is 12. The molecule has 4 aliphatic heterocycles. The second-order valence-corrected chi connectivity index (χ2v) is 11.9. The molecule has 0 aromatic rings. The first-order valence-electron chi connectivity index (χ1n) is 15.0. The van der Waals surface area contributed by atoms with Crippen molar-refractivity contribution in [2.45, 2.75) is 137 Å². The van der Waals surface area contributed by atoms with Crippen LogP contribution in [0.2, 0.25) is 0 Å². The van der Waals surface area contributed by atoms with Crippen molar-refractivity contribution in [3.8, 4) is 0 Å². The van der Waals surface area contributed by atoms with Crippen molar-refractivity contribution in [2.75, 3.05) is 19.8 Å². The minimum absolute atomic E-state index is 0.735. The number of amides is 1. The number of nitrogens with one attached hydrogen (secondary N) is 1. The van der Waals surface area contributed by atoms with Crippen molar-refractivity contribution >= 4 is 5.91 Å². The fourth-order valence-electron chi connectivity index (χ4n) is 5.87. The molecule has 4 aliphatic rings. The SMILES string of the molecule is CC(=O)N[C@H]1[C@H](O[C@@H]2[C@@H](O)[C@H](O)O[C@H](CO)[C@@H]2O)O[C@H](CO)[C@@H](O[C@H]2O[C@@H](CO)[C@@H](O)[C@@H](O)[C@@H]2O[C@@H]2O[C@@H](C)[C@@H](O)[C@@H](O)[C@@H]2O)[C@@H]1O. The molecule has 20 atom stereocenters. The predicted octanol–water partition coefficient (Wildman–Crippen LogP) is -8.58. The van der Waals surface area contributed by atoms with Crippen molar-refractivity contribution in [1.82, 2.24) is 5.32 Å². The lowest BCUT2D eigenvalue weighted by Crippen LogP contribution is -2.69. The molecule has 13 N–H and O–H groups in total. The van der Waals surface area contributed by atoms with Crippen molar-refractivity contribution in [1.29, 1.82) is 0 Å². The van der Waals surface area contributed by atoms with Crippen LogP contribution < -0.4 is 5.32 Å². The molecule has 0 unspecified atom stereocenters. The largest absolute Gasteiger partial charge is 0.394 e. The number of carbonyl (C=O) groups excluding carboxylic acids is 1. The number of carbonyl (C=O) groups is 1. The van der Waals surface area contributed by atoms with E-state index in [9.17, 15) is 66.1 Å². The van der Waals surface area contributed by atoms with E-state index in [1.54, 1.807) is 0 Å². The molecule has 0 saturated carbocycles. The third-order valence-electron chi connectivity index (χ3n) is 8.57. The topological polar surface area (TPSA) is 336 Å². The van der Waals surface area contributed by atoms with E-state index >= 15 is 0 Å². The third kappa shape index (κ3) is 8.04. The van der Waals surface area contributed by atoms with E-state index in [0.717, 1.165) is 6.92 Å². The summed E-state index contributed by atoms with van der Waals surface area (Å²) >= 11 is 0. The lowest BCUT2D eigenvalue weighted by Gasteiger charge is -2.50. The molecule has 0 aliphatic carbocycles. The predicted molar refractivity (Wildman–Crippen MR) is 144 cm³/mol. The van der Waals surface area contributed by atoms with Crippen LogP contribution in [0.25, 0.3) is 0 Å². The first-order valence-corrected chi connectivity index (χ1v) is 15.0. The van der Waals surface area contributed by atoms with Gasteiger partial charge >= 0.3 is 0 Å². The first kappa shape index (κ1) is 38.5. The van der Waals surface area contributed by atoms with Crippen LogP contribution >= 0.6 is 0 Å². The number of ether oxygens (including phenoxy) is 7. The van der Waals surface area contributed by atoms with Crippen LogP contribution in [0.15, 0.2) is 0 Å². The standard InChI is InChI=1S/C26H45NO20/c1-6-12(32)16(36)18(38)25(41-6)47-22-17(37)13(33)8(3-28)43-26(22)45-20-10(5-30)44-24(11(15(20)35)27-7(2)31)46-21-14(34)9(4-29)42-23(40)19(21)39/h6,8-26,28-30,32-40H,3-5H2,1-2H3,(H,27,31)/t6-,8-,9+,10+,11+,12+,13+,14-,15+,16+,17+,18-,19+,20+,21-,22-,23+,24-,25-,26+/m0/s1. The Labute approximate surface area is 267 Å². The zero-order valence-electron chi connectivity index (χ0n) is 25.3. The summed E-state index contributed by atoms with van der Waals surface area (Å²) in [6.45, 7) is -0.108. The van der Waals surface area contributed by atoms with Gasteiger partial charge in [0.25, 0.3) is 0 Å². The summed E-state index contributed by atoms with van der Waals surface area (Å²) in [6, 6.07) is -1.58. The van der Waals surface area contributed by atoms with E-state index in [0.29, 0.717) is 0 Å². The average Bonchev–Trinajstić information content (AvgIpc) is 3.04. The molecule has 1 amide bonds. The van der Waals surface area contributed by atoms with Gasteiger partial charge in [-0.15, -0.1) is 0 Å². The molecule has 47 heavy (non-hydrogen) atoms. The normalized spacial score (nSPS) is 51.0. The summed E-state index contributed by atoms with van der Waals surface area (Å²) in [5, 5.41) is 126. The van der Waals surface area contributed by atoms with Crippen LogP contribution in [0, 0.1) is 0 Å². The molecule has 4 heterocycles. The van der Waals surface area contributed by atoms with Crippen molar-refractivity contribution in [3.63, 3.8) is 0 Å². The molecule has 274 valence electrons. The summed E-state index contributed by atoms with van der Waals surface area (Å²) in [5.74, 6) is -0.735. The quantitative estimate of drug-likeness (QED) is 0.101. The molecular weight excluding hydrogens is 646 g/mol. The minimum Gasteiger partial charge on any atom is -0.394 e. The molecule has 0 aromatic heterocycles. The fraction of sp³-hybridized carbons (Fsp3) is 0.962. The van der Waals surface area contributed by atoms with E-state index in [2.05, 4.69) is 5.32 Å². The van der Waals surface area contributed by atoms with Gasteiger partial charge in [-0.2, -0.15) is 0 Å². The van der Waals surface area contributed by atoms with E-state index in [1.165, 1.54) is 6.92 Å². The highest BCUT2D eigenvalue weighted by Gasteiger charge is 2.55. The highest BCUT2D eigenvalue weighted by molar-refractivity contribution is 5.73. The summed E-state index contributed by atoms with van der Waals surface area (Å²) in [4.78, 5) is 12.1. The number of aliphatic hydroxyl groups excluding tert-OH is 12. The van der Waals surface area contributed by atoms with Crippen LogP contribution in [0.3, 0.4) is 0 Å². The van der Waals surface area contributed by atoms with Crippen molar-refractivity contribution in [2.24, 2.45) is 0 Å². The molecule has 4 rings (SSSR count). The smallest absolute Gasteiger partial charge is 0.217 e. The molecular formula is C26H45NO20. The second-order valence-electron chi connectivity index (χ2n) is 11.9. The summed E-state index contributed by atoms with van der Waals surface area (Å²) < 4.78 is 38.9. The maximum absolute atomic E-state index is 12.1. The van der Waals surface area contributed by atoms with Crippen LogP contribution in [-0.2, 0) is 38.0 Å². The summed E-state index contributed by atoms with van der Waals surface area (Å²) in [7, 11) is 0. The minimum atomic E-state index is -1.92. The summed E-state index contributed by atoms with van der Waals surface area (Å²) in [6.07, 6.45) is -32.3. The highest BCUT2D eigenvalue weighted by atomic mass is 16.8. The van der Waals surface area contributed by atoms with Gasteiger partial charge in [-0.05, 0) is 6.92 Å². The molecule has 0 aromatic carbocycles. The van der Waals surface area contributed by atoms with Gasteiger partial charge in [0.05, 0.1) is 25.9 Å². The monoisotopic (exact) mass is 691 g/mol. The lowest BCUT2D eigenvalue weighted by molar-refractivity contribution is -0.387. The lowest BCUT2D eigenvalue weighted by atomic mass is 9.94. The third-order valence-corrected chi connectivity index (χ3v) is 8.57. The maximum atomic E-state index is 12.1. The van der Waals surface area contributed by atoms with Crippen LogP contribution in [-0.4, -0.2) is 210 Å². The molecule has 0 radical (unpaired) electrons. The van der Waals surface area contributed by atoms with E-state index in [1.807, 2.05) is 0 Å². The van der Waals surface area contributed by atoms with Gasteiger partial charge in [0, 0.05) is 6.92 Å². The molecule has 0 bridgehead atoms. The van der Waals surface area contributed by atoms with Gasteiger partial charge in [0.1, 0.15) is 91.5 Å². The molecule has 21 nitrogen and oxygen atoms in total. The first-order chi connectivity index (χ1) is 22.1. The second kappa shape index (κ2) is 16.2. The average molecular weight is 692 g/mol. The van der Waals surface area contributed by atoms with Gasteiger partial charge in [-0.3, -0.25) is 4.79 Å².